The first-order chi connectivity index (χ1) is 31.6. The molecule has 0 spiro atoms. The summed E-state index contributed by atoms with van der Waals surface area (Å²) in [5.74, 6) is 0. The Morgan fingerprint density at radius 1 is 0.212 bits per heavy atom. The minimum absolute atomic E-state index is 0. The summed E-state index contributed by atoms with van der Waals surface area (Å²) in [5, 5.41) is 0. The van der Waals surface area contributed by atoms with E-state index in [4.69, 9.17) is 76.0 Å². The molecule has 4 bridgehead atoms. The number of fused-ring (bicyclic) bond motifs is 42. The number of hydrogen-bond acceptors (Lipinski definition) is 20. The average molecular weight is 1290 g/mol. The van der Waals surface area contributed by atoms with Crippen LogP contribution in [0, 0.1) is 80.8 Å². The molecular weight excluding hydrogens is 1220 g/mol. The van der Waals surface area contributed by atoms with E-state index >= 15 is 0 Å². The van der Waals surface area contributed by atoms with E-state index in [2.05, 4.69) is 55.1 Å². The summed E-state index contributed by atoms with van der Waals surface area (Å²) in [6, 6.07) is 0. The Kier molecular flexibility index (Phi) is 74.7. The number of ether oxygens (including phenoxy) is 12. The Hall–Kier alpha value is 1.56. The molecule has 6 heterocycles. The second-order valence-electron chi connectivity index (χ2n) is 13.1. The maximum absolute atomic E-state index is 8.54. The van der Waals surface area contributed by atoms with Gasteiger partial charge in [0.1, 0.15) is 0 Å². The van der Waals surface area contributed by atoms with Crippen molar-refractivity contribution < 1.29 is 157 Å². The van der Waals surface area contributed by atoms with Gasteiger partial charge < -0.3 is 92.3 Å². The van der Waals surface area contributed by atoms with E-state index in [1.165, 1.54) is 22.6 Å². The van der Waals surface area contributed by atoms with Crippen LogP contribution in [0.25, 0.3) is 0 Å². The molecule has 0 aliphatic carbocycles. The molecule has 0 radical (unpaired) electrons. The zero-order valence-electron chi connectivity index (χ0n) is 38.4. The third kappa shape index (κ3) is 59.9. The van der Waals surface area contributed by atoms with Crippen LogP contribution in [0.4, 0.5) is 0 Å². The van der Waals surface area contributed by atoms with Crippen molar-refractivity contribution in [2.24, 2.45) is 0 Å². The summed E-state index contributed by atoms with van der Waals surface area (Å²) in [4.78, 5) is 43.4. The van der Waals surface area contributed by atoms with Crippen molar-refractivity contribution in [1.82, 2.24) is 19.6 Å². The second kappa shape index (κ2) is 66.6. The Bertz CT molecular complexity index is 875. The molecule has 0 atom stereocenters. The fourth-order valence-corrected chi connectivity index (χ4v) is 5.60. The average Bonchev–Trinajstić information content (AvgIpc) is 3.28. The standard InChI is InChI=1S/2C18H36N2O6.4COP.2Sm/c2*1-7-21-13-14-24-10-4-20-5-11-25-17-15-22-8-2-19(1)3-9-23-16-18-26-12-6-20;4*2-1-3;;/h2*1-18H2;;;;;;/q;;4*-1;;. The van der Waals surface area contributed by atoms with E-state index in [0.717, 1.165) is 78.5 Å². The summed E-state index contributed by atoms with van der Waals surface area (Å²) < 4.78 is 68.4. The van der Waals surface area contributed by atoms with Gasteiger partial charge in [0.05, 0.1) is 159 Å². The number of carbonyl (C=O) groups excluding carboxylic acids is 4. The fourth-order valence-electron chi connectivity index (χ4n) is 5.60. The Labute approximate surface area is 467 Å². The van der Waals surface area contributed by atoms with Gasteiger partial charge in [-0.3, -0.25) is 38.8 Å². The van der Waals surface area contributed by atoms with Gasteiger partial charge in [0.2, 0.25) is 0 Å². The predicted molar refractivity (Wildman–Crippen MR) is 246 cm³/mol. The molecule has 6 aliphatic rings. The second-order valence-corrected chi connectivity index (χ2v) is 13.8. The predicted octanol–water partition coefficient (Wildman–Crippen LogP) is 1.29. The molecule has 0 N–H and O–H groups in total. The monoisotopic (exact) mass is 1290 g/mol. The molecule has 0 aromatic carbocycles. The van der Waals surface area contributed by atoms with Crippen LogP contribution in [0.3, 0.4) is 0 Å². The molecule has 66 heavy (non-hydrogen) atoms. The van der Waals surface area contributed by atoms with Crippen molar-refractivity contribution in [1.29, 1.82) is 0 Å². The van der Waals surface area contributed by atoms with Gasteiger partial charge in [0.25, 0.3) is 0 Å². The maximum atomic E-state index is 8.54. The zero-order valence-corrected chi connectivity index (χ0v) is 47.2. The molecule has 0 saturated carbocycles. The van der Waals surface area contributed by atoms with E-state index in [1.54, 1.807) is 0 Å². The van der Waals surface area contributed by atoms with E-state index in [-0.39, 0.29) is 80.8 Å². The van der Waals surface area contributed by atoms with E-state index < -0.39 is 0 Å². The van der Waals surface area contributed by atoms with Gasteiger partial charge in [0.15, 0.2) is 0 Å². The van der Waals surface area contributed by atoms with Crippen LogP contribution < -0.4 is 0 Å². The Morgan fingerprint density at radius 3 is 0.364 bits per heavy atom. The van der Waals surface area contributed by atoms with E-state index in [0.29, 0.717) is 159 Å². The van der Waals surface area contributed by atoms with E-state index in [1.807, 2.05) is 0 Å². The minimum atomic E-state index is 0. The molecule has 384 valence electrons. The van der Waals surface area contributed by atoms with Crippen LogP contribution in [-0.4, -0.2) is 279 Å². The Morgan fingerprint density at radius 2 is 0.288 bits per heavy atom. The summed E-state index contributed by atoms with van der Waals surface area (Å²) in [6.07, 6.45) is 0. The largest absolute Gasteiger partial charge is 0.623 e. The molecule has 6 aliphatic heterocycles. The summed E-state index contributed by atoms with van der Waals surface area (Å²) in [6.45, 7) is 26.4. The fraction of sp³-hybridized carbons (Fsp3) is 0.900. The van der Waals surface area contributed by atoms with Crippen molar-refractivity contribution in [2.75, 3.05) is 237 Å². The van der Waals surface area contributed by atoms with Crippen LogP contribution in [0.1, 0.15) is 0 Å². The van der Waals surface area contributed by atoms with Gasteiger partial charge in [-0.2, -0.15) is 0 Å². The van der Waals surface area contributed by atoms with Crippen LogP contribution >= 0.6 is 35.5 Å². The van der Waals surface area contributed by atoms with Gasteiger partial charge in [0, 0.05) is 159 Å². The third-order valence-electron chi connectivity index (χ3n) is 8.85. The topological polar surface area (TPSA) is 192 Å². The summed E-state index contributed by atoms with van der Waals surface area (Å²) in [5.41, 5.74) is 4.78. The summed E-state index contributed by atoms with van der Waals surface area (Å²) in [7, 11) is 11.9. The number of hydrogen-bond donors (Lipinski definition) is 0. The SMILES string of the molecule is C1COCCN2CCOCCOCCN(CCO1)CCOCCOCC2.C1COCCN2CCOCCOCCN(CCO1)CCOCCOCC2.O=C=[P-].O=C=[P-].O=C=[P-].O=C=[P-].[Sm].[Sm]. The molecule has 20 nitrogen and oxygen atoms in total. The molecule has 6 rings (SSSR count). The van der Waals surface area contributed by atoms with Gasteiger partial charge in [-0.05, 0) is 0 Å². The van der Waals surface area contributed by atoms with Crippen LogP contribution in [0.5, 0.6) is 0 Å². The smallest absolute Gasteiger partial charge is 0.0701 e. The van der Waals surface area contributed by atoms with Crippen molar-refractivity contribution in [3.63, 3.8) is 0 Å². The number of nitrogens with zero attached hydrogens (tertiary/aromatic N) is 4. The molecule has 6 fully saturated rings. The minimum Gasteiger partial charge on any atom is -0.623 e. The quantitative estimate of drug-likeness (QED) is 0.315. The molecule has 0 aromatic heterocycles. The first-order valence-electron chi connectivity index (χ1n) is 21.4. The van der Waals surface area contributed by atoms with Crippen molar-refractivity contribution >= 4 is 58.1 Å². The van der Waals surface area contributed by atoms with Gasteiger partial charge >= 0.3 is 0 Å². The molecule has 6 saturated heterocycles. The first-order valence-corrected chi connectivity index (χ1v) is 23.2. The molecule has 0 amide bonds. The molecule has 0 aromatic rings. The zero-order chi connectivity index (χ0) is 47.1. The van der Waals surface area contributed by atoms with Crippen LogP contribution in [0.15, 0.2) is 0 Å². The van der Waals surface area contributed by atoms with Gasteiger partial charge in [-0.25, -0.2) is 0 Å². The van der Waals surface area contributed by atoms with Crippen molar-refractivity contribution in [3.8, 4) is 0 Å². The third-order valence-corrected chi connectivity index (χ3v) is 8.85. The molecular formula is C40H72N4O16P4Sm2-4. The van der Waals surface area contributed by atoms with Crippen LogP contribution in [-0.2, 0) is 76.0 Å². The van der Waals surface area contributed by atoms with Gasteiger partial charge in [-0.1, -0.05) is 0 Å². The first kappa shape index (κ1) is 74.1. The molecule has 0 unspecified atom stereocenters. The molecule has 26 heteroatoms. The summed E-state index contributed by atoms with van der Waals surface area (Å²) >= 11 is 0. The van der Waals surface area contributed by atoms with E-state index in [9.17, 15) is 0 Å². The number of rotatable bonds is 0. The Balaban J connectivity index is -0.000000458. The van der Waals surface area contributed by atoms with Crippen LogP contribution in [0.2, 0.25) is 0 Å². The maximum Gasteiger partial charge on any atom is 0.0701 e. The van der Waals surface area contributed by atoms with Crippen molar-refractivity contribution in [2.45, 2.75) is 0 Å². The normalized spacial score (nSPS) is 24.5. The van der Waals surface area contributed by atoms with Crippen molar-refractivity contribution in [3.05, 3.63) is 0 Å². The van der Waals surface area contributed by atoms with Gasteiger partial charge in [-0.15, -0.1) is 22.6 Å².